The predicted molar refractivity (Wildman–Crippen MR) is 83.7 cm³/mol. The molecule has 0 aromatic heterocycles. The third kappa shape index (κ3) is 4.76. The first kappa shape index (κ1) is 15.8. The molecule has 3 nitrogen and oxygen atoms in total. The number of carbonyl (C=O) groups excluding carboxylic acids is 1. The van der Waals surface area contributed by atoms with E-state index >= 15 is 0 Å². The SMILES string of the molecule is CCCCC1CC(NC2CCCCC2)CN(C(C)=O)C1. The first-order valence-electron chi connectivity index (χ1n) is 8.70. The number of hydrogen-bond acceptors (Lipinski definition) is 2. The zero-order chi connectivity index (χ0) is 14.4. The van der Waals surface area contributed by atoms with Gasteiger partial charge >= 0.3 is 0 Å². The third-order valence-corrected chi connectivity index (χ3v) is 5.03. The lowest BCUT2D eigenvalue weighted by molar-refractivity contribution is -0.131. The molecular weight excluding hydrogens is 248 g/mol. The van der Waals surface area contributed by atoms with E-state index < -0.39 is 0 Å². The van der Waals surface area contributed by atoms with Crippen molar-refractivity contribution in [2.45, 2.75) is 83.7 Å². The standard InChI is InChI=1S/C17H32N2O/c1-3-4-8-15-11-17(13-19(12-15)14(2)20)18-16-9-6-5-7-10-16/h15-18H,3-13H2,1-2H3. The molecule has 1 saturated heterocycles. The van der Waals surface area contributed by atoms with Crippen LogP contribution in [0.2, 0.25) is 0 Å². The molecule has 1 saturated carbocycles. The van der Waals surface area contributed by atoms with E-state index in [1.807, 2.05) is 0 Å². The Morgan fingerprint density at radius 1 is 1.15 bits per heavy atom. The summed E-state index contributed by atoms with van der Waals surface area (Å²) in [6.07, 6.45) is 11.9. The molecule has 0 aromatic carbocycles. The van der Waals surface area contributed by atoms with Crippen LogP contribution in [0.3, 0.4) is 0 Å². The Hall–Kier alpha value is -0.570. The molecule has 1 heterocycles. The van der Waals surface area contributed by atoms with Gasteiger partial charge in [0.05, 0.1) is 0 Å². The van der Waals surface area contributed by atoms with E-state index in [0.29, 0.717) is 18.0 Å². The number of nitrogens with one attached hydrogen (secondary N) is 1. The molecule has 116 valence electrons. The number of carbonyl (C=O) groups is 1. The highest BCUT2D eigenvalue weighted by Crippen LogP contribution is 2.24. The van der Waals surface area contributed by atoms with Gasteiger partial charge in [-0.25, -0.2) is 0 Å². The van der Waals surface area contributed by atoms with Crippen LogP contribution in [0.4, 0.5) is 0 Å². The van der Waals surface area contributed by atoms with Crippen LogP contribution >= 0.6 is 0 Å². The van der Waals surface area contributed by atoms with E-state index in [0.717, 1.165) is 13.1 Å². The van der Waals surface area contributed by atoms with Crippen LogP contribution in [0.15, 0.2) is 0 Å². The van der Waals surface area contributed by atoms with Crippen molar-refractivity contribution in [2.24, 2.45) is 5.92 Å². The van der Waals surface area contributed by atoms with Crippen LogP contribution in [0.25, 0.3) is 0 Å². The van der Waals surface area contributed by atoms with Crippen LogP contribution < -0.4 is 5.32 Å². The number of likely N-dealkylation sites (tertiary alicyclic amines) is 1. The maximum Gasteiger partial charge on any atom is 0.219 e. The summed E-state index contributed by atoms with van der Waals surface area (Å²) in [7, 11) is 0. The van der Waals surface area contributed by atoms with Gasteiger partial charge in [-0.05, 0) is 31.6 Å². The summed E-state index contributed by atoms with van der Waals surface area (Å²) >= 11 is 0. The molecule has 1 aliphatic heterocycles. The Bertz CT molecular complexity index is 299. The van der Waals surface area contributed by atoms with Crippen molar-refractivity contribution in [3.63, 3.8) is 0 Å². The smallest absolute Gasteiger partial charge is 0.219 e. The van der Waals surface area contributed by atoms with Gasteiger partial charge in [-0.2, -0.15) is 0 Å². The molecule has 1 aliphatic carbocycles. The number of rotatable bonds is 5. The molecular formula is C17H32N2O. The fraction of sp³-hybridized carbons (Fsp3) is 0.941. The average Bonchev–Trinajstić information content (AvgIpc) is 2.46. The Labute approximate surface area is 124 Å². The summed E-state index contributed by atoms with van der Waals surface area (Å²) < 4.78 is 0. The van der Waals surface area contributed by atoms with Gasteiger partial charge in [-0.15, -0.1) is 0 Å². The molecule has 0 aromatic rings. The van der Waals surface area contributed by atoms with Crippen molar-refractivity contribution >= 4 is 5.91 Å². The highest BCUT2D eigenvalue weighted by Gasteiger charge is 2.29. The van der Waals surface area contributed by atoms with E-state index in [1.165, 1.54) is 57.8 Å². The Balaban J connectivity index is 1.86. The summed E-state index contributed by atoms with van der Waals surface area (Å²) in [6, 6.07) is 1.23. The van der Waals surface area contributed by atoms with Crippen molar-refractivity contribution < 1.29 is 4.79 Å². The lowest BCUT2D eigenvalue weighted by atomic mass is 9.88. The summed E-state index contributed by atoms with van der Waals surface area (Å²) in [6.45, 7) is 5.88. The largest absolute Gasteiger partial charge is 0.341 e. The van der Waals surface area contributed by atoms with Crippen molar-refractivity contribution in [1.82, 2.24) is 10.2 Å². The summed E-state index contributed by atoms with van der Waals surface area (Å²) in [5, 5.41) is 3.86. The molecule has 2 rings (SSSR count). The second-order valence-corrected chi connectivity index (χ2v) is 6.87. The fourth-order valence-corrected chi connectivity index (χ4v) is 3.89. The average molecular weight is 280 g/mol. The van der Waals surface area contributed by atoms with E-state index in [-0.39, 0.29) is 5.91 Å². The second kappa shape index (κ2) is 8.02. The first-order chi connectivity index (χ1) is 9.69. The zero-order valence-electron chi connectivity index (χ0n) is 13.4. The maximum absolute atomic E-state index is 11.8. The van der Waals surface area contributed by atoms with Crippen molar-refractivity contribution in [3.8, 4) is 0 Å². The monoisotopic (exact) mass is 280 g/mol. The highest BCUT2D eigenvalue weighted by atomic mass is 16.2. The number of hydrogen-bond donors (Lipinski definition) is 1. The minimum absolute atomic E-state index is 0.252. The Morgan fingerprint density at radius 2 is 1.90 bits per heavy atom. The minimum Gasteiger partial charge on any atom is -0.341 e. The van der Waals surface area contributed by atoms with Gasteiger partial charge in [-0.1, -0.05) is 39.0 Å². The number of piperidine rings is 1. The van der Waals surface area contributed by atoms with Gasteiger partial charge in [0.25, 0.3) is 0 Å². The summed E-state index contributed by atoms with van der Waals surface area (Å²) in [4.78, 5) is 13.8. The minimum atomic E-state index is 0.252. The molecule has 2 atom stereocenters. The quantitative estimate of drug-likeness (QED) is 0.837. The van der Waals surface area contributed by atoms with Crippen LogP contribution in [0, 0.1) is 5.92 Å². The molecule has 2 aliphatic rings. The summed E-state index contributed by atoms with van der Waals surface area (Å²) in [5.41, 5.74) is 0. The number of amides is 1. The highest BCUT2D eigenvalue weighted by molar-refractivity contribution is 5.73. The molecule has 1 N–H and O–H groups in total. The van der Waals surface area contributed by atoms with E-state index in [4.69, 9.17) is 0 Å². The second-order valence-electron chi connectivity index (χ2n) is 6.87. The molecule has 0 bridgehead atoms. The topological polar surface area (TPSA) is 32.3 Å². The van der Waals surface area contributed by atoms with Gasteiger partial charge in [0.1, 0.15) is 0 Å². The summed E-state index contributed by atoms with van der Waals surface area (Å²) in [5.74, 6) is 0.954. The number of unbranched alkanes of at least 4 members (excludes halogenated alkanes) is 1. The van der Waals surface area contributed by atoms with Gasteiger partial charge in [0, 0.05) is 32.1 Å². The molecule has 0 spiro atoms. The van der Waals surface area contributed by atoms with Gasteiger partial charge < -0.3 is 10.2 Å². The predicted octanol–water partition coefficient (Wildman–Crippen LogP) is 3.34. The third-order valence-electron chi connectivity index (χ3n) is 5.03. The van der Waals surface area contributed by atoms with Crippen molar-refractivity contribution in [3.05, 3.63) is 0 Å². The van der Waals surface area contributed by atoms with Gasteiger partial charge in [0.2, 0.25) is 5.91 Å². The molecule has 1 amide bonds. The van der Waals surface area contributed by atoms with Crippen LogP contribution in [-0.4, -0.2) is 36.0 Å². The molecule has 20 heavy (non-hydrogen) atoms. The number of nitrogens with zero attached hydrogens (tertiary/aromatic N) is 1. The molecule has 2 unspecified atom stereocenters. The first-order valence-corrected chi connectivity index (χ1v) is 8.70. The molecule has 3 heteroatoms. The zero-order valence-corrected chi connectivity index (χ0v) is 13.4. The van der Waals surface area contributed by atoms with Crippen LogP contribution in [-0.2, 0) is 4.79 Å². The van der Waals surface area contributed by atoms with Gasteiger partial charge in [0.15, 0.2) is 0 Å². The van der Waals surface area contributed by atoms with Crippen molar-refractivity contribution in [2.75, 3.05) is 13.1 Å². The van der Waals surface area contributed by atoms with E-state index in [9.17, 15) is 4.79 Å². The molecule has 2 fully saturated rings. The fourth-order valence-electron chi connectivity index (χ4n) is 3.89. The Morgan fingerprint density at radius 3 is 2.55 bits per heavy atom. The normalized spacial score (nSPS) is 28.6. The Kier molecular flexibility index (Phi) is 6.34. The van der Waals surface area contributed by atoms with E-state index in [2.05, 4.69) is 17.1 Å². The lowest BCUT2D eigenvalue weighted by Crippen LogP contribution is -2.53. The molecule has 0 radical (unpaired) electrons. The van der Waals surface area contributed by atoms with Crippen LogP contribution in [0.1, 0.15) is 71.6 Å². The van der Waals surface area contributed by atoms with Gasteiger partial charge in [-0.3, -0.25) is 4.79 Å². The van der Waals surface area contributed by atoms with Crippen molar-refractivity contribution in [1.29, 1.82) is 0 Å². The van der Waals surface area contributed by atoms with E-state index in [1.54, 1.807) is 6.92 Å². The lowest BCUT2D eigenvalue weighted by Gasteiger charge is -2.40. The van der Waals surface area contributed by atoms with Crippen LogP contribution in [0.5, 0.6) is 0 Å². The maximum atomic E-state index is 11.8.